The molecular formula is C14H26N2O2S. The third-order valence-corrected chi connectivity index (χ3v) is 5.21. The standard InChI is InChI=1S/C14H26N2O2S/c1-12-3-5-14(6-4-12)11-19-13(16-14)15-7-8-18-10-9-17-2/h12H,3-11H2,1-2H3,(H,15,16). The Balaban J connectivity index is 1.66. The molecule has 0 atom stereocenters. The molecule has 1 heterocycles. The van der Waals surface area contributed by atoms with Crippen LogP contribution in [-0.2, 0) is 9.47 Å². The second-order valence-electron chi connectivity index (χ2n) is 5.67. The van der Waals surface area contributed by atoms with Crippen LogP contribution in [0.1, 0.15) is 32.6 Å². The van der Waals surface area contributed by atoms with E-state index in [0.717, 1.165) is 17.6 Å². The van der Waals surface area contributed by atoms with Crippen LogP contribution in [0.25, 0.3) is 0 Å². The SMILES string of the molecule is COCCOCCN=C1NC2(CCC(C)CC2)CS1. The minimum atomic E-state index is 0.340. The molecule has 1 N–H and O–H groups in total. The van der Waals surface area contributed by atoms with Crippen molar-refractivity contribution in [2.24, 2.45) is 10.9 Å². The summed E-state index contributed by atoms with van der Waals surface area (Å²) in [6.07, 6.45) is 5.29. The average molecular weight is 286 g/mol. The lowest BCUT2D eigenvalue weighted by Crippen LogP contribution is -2.46. The quantitative estimate of drug-likeness (QED) is 0.761. The van der Waals surface area contributed by atoms with E-state index in [0.29, 0.717) is 25.4 Å². The van der Waals surface area contributed by atoms with E-state index in [1.807, 2.05) is 11.8 Å². The lowest BCUT2D eigenvalue weighted by atomic mass is 9.78. The number of nitrogens with one attached hydrogen (secondary N) is 1. The number of nitrogens with zero attached hydrogens (tertiary/aromatic N) is 1. The summed E-state index contributed by atoms with van der Waals surface area (Å²) in [5.74, 6) is 2.08. The van der Waals surface area contributed by atoms with Gasteiger partial charge in [-0.3, -0.25) is 4.99 Å². The average Bonchev–Trinajstić information content (AvgIpc) is 2.81. The van der Waals surface area contributed by atoms with Crippen LogP contribution < -0.4 is 5.32 Å². The van der Waals surface area contributed by atoms with Gasteiger partial charge in [0.1, 0.15) is 0 Å². The number of thioether (sulfide) groups is 1. The fraction of sp³-hybridized carbons (Fsp3) is 0.929. The molecule has 0 amide bonds. The molecule has 4 nitrogen and oxygen atoms in total. The van der Waals surface area contributed by atoms with Crippen LogP contribution in [0.15, 0.2) is 4.99 Å². The molecule has 19 heavy (non-hydrogen) atoms. The number of aliphatic imine (C=N–C) groups is 1. The number of rotatable bonds is 6. The van der Waals surface area contributed by atoms with Gasteiger partial charge in [-0.05, 0) is 31.6 Å². The third kappa shape index (κ3) is 4.65. The second-order valence-corrected chi connectivity index (χ2v) is 6.63. The summed E-state index contributed by atoms with van der Waals surface area (Å²) >= 11 is 1.88. The van der Waals surface area contributed by atoms with E-state index in [4.69, 9.17) is 9.47 Å². The molecule has 1 spiro atoms. The lowest BCUT2D eigenvalue weighted by molar-refractivity contribution is 0.0748. The summed E-state index contributed by atoms with van der Waals surface area (Å²) in [4.78, 5) is 4.59. The fourth-order valence-electron chi connectivity index (χ4n) is 2.63. The zero-order valence-electron chi connectivity index (χ0n) is 12.1. The zero-order valence-corrected chi connectivity index (χ0v) is 12.9. The zero-order chi connectivity index (χ0) is 13.6. The Labute approximate surface area is 120 Å². The summed E-state index contributed by atoms with van der Waals surface area (Å²) in [5, 5.41) is 4.78. The Kier molecular flexibility index (Phi) is 5.98. The maximum absolute atomic E-state index is 5.42. The van der Waals surface area contributed by atoms with Gasteiger partial charge in [0.25, 0.3) is 0 Å². The van der Waals surface area contributed by atoms with Crippen LogP contribution in [0, 0.1) is 5.92 Å². The van der Waals surface area contributed by atoms with Crippen molar-refractivity contribution in [3.8, 4) is 0 Å². The maximum atomic E-state index is 5.42. The molecule has 1 saturated carbocycles. The molecular weight excluding hydrogens is 260 g/mol. The first-order valence-electron chi connectivity index (χ1n) is 7.26. The smallest absolute Gasteiger partial charge is 0.157 e. The first kappa shape index (κ1) is 15.1. The van der Waals surface area contributed by atoms with Crippen molar-refractivity contribution in [2.75, 3.05) is 39.2 Å². The van der Waals surface area contributed by atoms with Gasteiger partial charge in [0.05, 0.1) is 26.4 Å². The van der Waals surface area contributed by atoms with Gasteiger partial charge in [-0.1, -0.05) is 18.7 Å². The number of ether oxygens (including phenoxy) is 2. The molecule has 1 aliphatic heterocycles. The Morgan fingerprint density at radius 2 is 2.11 bits per heavy atom. The first-order chi connectivity index (χ1) is 9.24. The molecule has 0 unspecified atom stereocenters. The monoisotopic (exact) mass is 286 g/mol. The van der Waals surface area contributed by atoms with E-state index in [9.17, 15) is 0 Å². The second kappa shape index (κ2) is 7.50. The summed E-state index contributed by atoms with van der Waals surface area (Å²) < 4.78 is 10.3. The highest BCUT2D eigenvalue weighted by Crippen LogP contribution is 2.38. The van der Waals surface area contributed by atoms with Gasteiger partial charge < -0.3 is 14.8 Å². The van der Waals surface area contributed by atoms with Crippen LogP contribution in [0.5, 0.6) is 0 Å². The van der Waals surface area contributed by atoms with Crippen molar-refractivity contribution in [1.29, 1.82) is 0 Å². The molecule has 2 aliphatic rings. The van der Waals surface area contributed by atoms with Gasteiger partial charge in [0.2, 0.25) is 0 Å². The Morgan fingerprint density at radius 3 is 2.84 bits per heavy atom. The Morgan fingerprint density at radius 1 is 1.32 bits per heavy atom. The third-order valence-electron chi connectivity index (χ3n) is 4.01. The van der Waals surface area contributed by atoms with Crippen LogP contribution in [0.3, 0.4) is 0 Å². The van der Waals surface area contributed by atoms with E-state index in [-0.39, 0.29) is 0 Å². The van der Waals surface area contributed by atoms with E-state index in [1.54, 1.807) is 7.11 Å². The first-order valence-corrected chi connectivity index (χ1v) is 8.25. The van der Waals surface area contributed by atoms with Crippen molar-refractivity contribution < 1.29 is 9.47 Å². The van der Waals surface area contributed by atoms with Crippen LogP contribution in [-0.4, -0.2) is 49.9 Å². The maximum Gasteiger partial charge on any atom is 0.157 e. The van der Waals surface area contributed by atoms with E-state index >= 15 is 0 Å². The minimum absolute atomic E-state index is 0.340. The minimum Gasteiger partial charge on any atom is -0.382 e. The molecule has 5 heteroatoms. The van der Waals surface area contributed by atoms with Crippen molar-refractivity contribution >= 4 is 16.9 Å². The highest BCUT2D eigenvalue weighted by Gasteiger charge is 2.39. The van der Waals surface area contributed by atoms with Gasteiger partial charge in [0, 0.05) is 18.4 Å². The van der Waals surface area contributed by atoms with E-state index in [2.05, 4.69) is 17.2 Å². The number of amidine groups is 1. The van der Waals surface area contributed by atoms with Crippen LogP contribution in [0.4, 0.5) is 0 Å². The largest absolute Gasteiger partial charge is 0.382 e. The molecule has 1 saturated heterocycles. The van der Waals surface area contributed by atoms with Gasteiger partial charge in [-0.2, -0.15) is 0 Å². The molecule has 2 fully saturated rings. The van der Waals surface area contributed by atoms with E-state index < -0.39 is 0 Å². The molecule has 0 aromatic rings. The lowest BCUT2D eigenvalue weighted by Gasteiger charge is -2.35. The topological polar surface area (TPSA) is 42.9 Å². The molecule has 1 aliphatic carbocycles. The fourth-order valence-corrected chi connectivity index (χ4v) is 3.88. The van der Waals surface area contributed by atoms with Crippen molar-refractivity contribution in [1.82, 2.24) is 5.32 Å². The van der Waals surface area contributed by atoms with Crippen LogP contribution >= 0.6 is 11.8 Å². The van der Waals surface area contributed by atoms with Crippen molar-refractivity contribution in [2.45, 2.75) is 38.1 Å². The molecule has 0 aromatic heterocycles. The van der Waals surface area contributed by atoms with Gasteiger partial charge in [-0.15, -0.1) is 0 Å². The molecule has 110 valence electrons. The highest BCUT2D eigenvalue weighted by molar-refractivity contribution is 8.14. The number of methoxy groups -OCH3 is 1. The summed E-state index contributed by atoms with van der Waals surface area (Å²) in [7, 11) is 1.69. The summed E-state index contributed by atoms with van der Waals surface area (Å²) in [6.45, 7) is 5.10. The molecule has 2 rings (SSSR count). The van der Waals surface area contributed by atoms with Gasteiger partial charge in [-0.25, -0.2) is 0 Å². The number of hydrogen-bond acceptors (Lipinski definition) is 4. The highest BCUT2D eigenvalue weighted by atomic mass is 32.2. The Hall–Kier alpha value is -0.260. The van der Waals surface area contributed by atoms with Gasteiger partial charge in [0.15, 0.2) is 5.17 Å². The Bertz CT molecular complexity index is 302. The predicted octanol–water partition coefficient (Wildman–Crippen LogP) is 2.29. The number of hydrogen-bond donors (Lipinski definition) is 1. The predicted molar refractivity (Wildman–Crippen MR) is 81.0 cm³/mol. The van der Waals surface area contributed by atoms with Crippen molar-refractivity contribution in [3.63, 3.8) is 0 Å². The normalized spacial score (nSPS) is 32.9. The summed E-state index contributed by atoms with van der Waals surface area (Å²) in [5.41, 5.74) is 0.340. The van der Waals surface area contributed by atoms with Gasteiger partial charge >= 0.3 is 0 Å². The van der Waals surface area contributed by atoms with Crippen LogP contribution in [0.2, 0.25) is 0 Å². The summed E-state index contributed by atoms with van der Waals surface area (Å²) in [6, 6.07) is 0. The van der Waals surface area contributed by atoms with Crippen molar-refractivity contribution in [3.05, 3.63) is 0 Å². The molecule has 0 aromatic carbocycles. The van der Waals surface area contributed by atoms with E-state index in [1.165, 1.54) is 31.4 Å². The molecule has 0 radical (unpaired) electrons. The molecule has 0 bridgehead atoms.